The molecule has 0 amide bonds. The van der Waals surface area contributed by atoms with E-state index in [9.17, 15) is 17.2 Å². The van der Waals surface area contributed by atoms with Gasteiger partial charge in [0, 0.05) is 19.7 Å². The molecule has 0 heterocycles. The van der Waals surface area contributed by atoms with Crippen molar-refractivity contribution in [3.05, 3.63) is 29.8 Å². The summed E-state index contributed by atoms with van der Waals surface area (Å²) in [7, 11) is -2.62. The van der Waals surface area contributed by atoms with Gasteiger partial charge in [-0.05, 0) is 30.9 Å². The van der Waals surface area contributed by atoms with Crippen molar-refractivity contribution in [2.24, 2.45) is 5.92 Å². The van der Waals surface area contributed by atoms with Gasteiger partial charge in [-0.3, -0.25) is 0 Å². The Labute approximate surface area is 110 Å². The van der Waals surface area contributed by atoms with Crippen molar-refractivity contribution in [1.29, 1.82) is 0 Å². The van der Waals surface area contributed by atoms with E-state index in [0.717, 1.165) is 16.4 Å². The molecule has 0 radical (unpaired) electrons. The summed E-state index contributed by atoms with van der Waals surface area (Å²) < 4.78 is 51.6. The summed E-state index contributed by atoms with van der Waals surface area (Å²) in [4.78, 5) is -0.531. The molecule has 0 saturated heterocycles. The number of hydrogen-bond donors (Lipinski definition) is 1. The number of hydrogen-bond acceptors (Lipinski definition) is 3. The van der Waals surface area contributed by atoms with E-state index in [1.807, 2.05) is 0 Å². The molecule has 2 rings (SSSR count). The third-order valence-corrected chi connectivity index (χ3v) is 5.16. The van der Waals surface area contributed by atoms with Crippen LogP contribution in [0.25, 0.3) is 0 Å². The monoisotopic (exact) mass is 291 g/mol. The molecular formula is C12H15F2NO3S. The minimum absolute atomic E-state index is 0.0817. The van der Waals surface area contributed by atoms with Crippen LogP contribution in [-0.2, 0) is 10.0 Å². The topological polar surface area (TPSA) is 57.6 Å². The Bertz CT molecular complexity index is 570. The van der Waals surface area contributed by atoms with Crippen LogP contribution in [0.2, 0.25) is 0 Å². The van der Waals surface area contributed by atoms with Gasteiger partial charge in [-0.25, -0.2) is 21.5 Å². The van der Waals surface area contributed by atoms with Gasteiger partial charge < -0.3 is 5.11 Å². The average molecular weight is 291 g/mol. The summed E-state index contributed by atoms with van der Waals surface area (Å²) in [5, 5.41) is 9.16. The fraction of sp³-hybridized carbons (Fsp3) is 0.500. The van der Waals surface area contributed by atoms with E-state index in [0.29, 0.717) is 18.9 Å². The second-order valence-electron chi connectivity index (χ2n) is 4.85. The number of halogens is 2. The molecular weight excluding hydrogens is 276 g/mol. The van der Waals surface area contributed by atoms with Crippen LogP contribution in [0.5, 0.6) is 0 Å². The fourth-order valence-corrected chi connectivity index (χ4v) is 3.45. The zero-order valence-corrected chi connectivity index (χ0v) is 11.2. The number of rotatable bonds is 4. The predicted molar refractivity (Wildman–Crippen MR) is 64.9 cm³/mol. The molecule has 0 unspecified atom stereocenters. The molecule has 19 heavy (non-hydrogen) atoms. The van der Waals surface area contributed by atoms with Gasteiger partial charge in [0.2, 0.25) is 10.0 Å². The van der Waals surface area contributed by atoms with Crippen molar-refractivity contribution >= 4 is 10.0 Å². The molecule has 0 aromatic heterocycles. The number of sulfonamides is 1. The highest BCUT2D eigenvalue weighted by Gasteiger charge is 2.32. The van der Waals surface area contributed by atoms with Gasteiger partial charge in [-0.2, -0.15) is 0 Å². The Balaban J connectivity index is 2.16. The van der Waals surface area contributed by atoms with E-state index in [2.05, 4.69) is 0 Å². The van der Waals surface area contributed by atoms with Crippen molar-refractivity contribution in [3.63, 3.8) is 0 Å². The maximum atomic E-state index is 13.5. The van der Waals surface area contributed by atoms with Crippen LogP contribution in [0, 0.1) is 17.6 Å². The van der Waals surface area contributed by atoms with Crippen molar-refractivity contribution in [3.8, 4) is 0 Å². The second kappa shape index (κ2) is 5.15. The third-order valence-electron chi connectivity index (χ3n) is 3.31. The van der Waals surface area contributed by atoms with Crippen LogP contribution < -0.4 is 0 Å². The maximum absolute atomic E-state index is 13.5. The molecule has 7 heteroatoms. The molecule has 1 saturated carbocycles. The van der Waals surface area contributed by atoms with Gasteiger partial charge in [-0.1, -0.05) is 0 Å². The largest absolute Gasteiger partial charge is 0.393 e. The first-order valence-electron chi connectivity index (χ1n) is 5.90. The fourth-order valence-electron chi connectivity index (χ4n) is 2.16. The van der Waals surface area contributed by atoms with E-state index in [1.54, 1.807) is 0 Å². The van der Waals surface area contributed by atoms with Gasteiger partial charge in [-0.15, -0.1) is 0 Å². The molecule has 0 spiro atoms. The van der Waals surface area contributed by atoms with Gasteiger partial charge in [0.25, 0.3) is 0 Å². The second-order valence-corrected chi connectivity index (χ2v) is 6.86. The van der Waals surface area contributed by atoms with Crippen LogP contribution in [0.1, 0.15) is 12.8 Å². The first-order chi connectivity index (χ1) is 8.80. The lowest BCUT2D eigenvalue weighted by Gasteiger charge is -2.34. The molecule has 1 aliphatic rings. The zero-order chi connectivity index (χ0) is 14.2. The van der Waals surface area contributed by atoms with Crippen LogP contribution in [0.3, 0.4) is 0 Å². The van der Waals surface area contributed by atoms with Crippen molar-refractivity contribution < 1.29 is 22.3 Å². The summed E-state index contributed by atoms with van der Waals surface area (Å²) in [6.07, 6.45) is 0.723. The molecule has 1 aromatic carbocycles. The summed E-state index contributed by atoms with van der Waals surface area (Å²) in [5.74, 6) is -1.83. The average Bonchev–Trinajstić information content (AvgIpc) is 2.26. The number of aliphatic hydroxyl groups is 1. The Morgan fingerprint density at radius 1 is 1.37 bits per heavy atom. The van der Waals surface area contributed by atoms with E-state index < -0.39 is 26.6 Å². The van der Waals surface area contributed by atoms with Crippen LogP contribution in [0.15, 0.2) is 23.1 Å². The predicted octanol–water partition coefficient (Wildman–Crippen LogP) is 1.36. The SMILES string of the molecule is CN(CC1CC(O)C1)S(=O)(=O)c1ccc(F)cc1F. The number of nitrogens with zero attached hydrogens (tertiary/aromatic N) is 1. The Hall–Kier alpha value is -1.05. The lowest BCUT2D eigenvalue weighted by atomic mass is 9.82. The normalized spacial score (nSPS) is 23.4. The minimum Gasteiger partial charge on any atom is -0.393 e. The minimum atomic E-state index is -3.97. The van der Waals surface area contributed by atoms with E-state index >= 15 is 0 Å². The summed E-state index contributed by atoms with van der Waals surface area (Å²) in [6, 6.07) is 2.39. The molecule has 1 aromatic rings. The molecule has 1 fully saturated rings. The van der Waals surface area contributed by atoms with Crippen molar-refractivity contribution in [1.82, 2.24) is 4.31 Å². The lowest BCUT2D eigenvalue weighted by molar-refractivity contribution is 0.0367. The first-order valence-corrected chi connectivity index (χ1v) is 7.34. The van der Waals surface area contributed by atoms with E-state index in [-0.39, 0.29) is 18.6 Å². The molecule has 1 aliphatic carbocycles. The third kappa shape index (κ3) is 2.93. The Morgan fingerprint density at radius 3 is 2.53 bits per heavy atom. The van der Waals surface area contributed by atoms with Crippen molar-refractivity contribution in [2.45, 2.75) is 23.8 Å². The van der Waals surface area contributed by atoms with Crippen molar-refractivity contribution in [2.75, 3.05) is 13.6 Å². The van der Waals surface area contributed by atoms with Gasteiger partial charge in [0.05, 0.1) is 6.10 Å². The van der Waals surface area contributed by atoms with E-state index in [1.165, 1.54) is 7.05 Å². The quantitative estimate of drug-likeness (QED) is 0.911. The molecule has 0 aliphatic heterocycles. The van der Waals surface area contributed by atoms with Crippen LogP contribution >= 0.6 is 0 Å². The smallest absolute Gasteiger partial charge is 0.245 e. The van der Waals surface area contributed by atoms with Gasteiger partial charge in [0.15, 0.2) is 0 Å². The molecule has 0 atom stereocenters. The highest BCUT2D eigenvalue weighted by molar-refractivity contribution is 7.89. The van der Waals surface area contributed by atoms with Crippen LogP contribution in [0.4, 0.5) is 8.78 Å². The molecule has 4 nitrogen and oxygen atoms in total. The first kappa shape index (κ1) is 14.4. The van der Waals surface area contributed by atoms with Gasteiger partial charge in [0.1, 0.15) is 16.5 Å². The Morgan fingerprint density at radius 2 is 2.00 bits per heavy atom. The molecule has 0 bridgehead atoms. The zero-order valence-electron chi connectivity index (χ0n) is 10.4. The molecule has 1 N–H and O–H groups in total. The summed E-state index contributed by atoms with van der Waals surface area (Å²) in [6.45, 7) is 0.218. The number of benzene rings is 1. The molecule has 106 valence electrons. The maximum Gasteiger partial charge on any atom is 0.245 e. The summed E-state index contributed by atoms with van der Waals surface area (Å²) in [5.41, 5.74) is 0. The number of aliphatic hydroxyl groups excluding tert-OH is 1. The summed E-state index contributed by atoms with van der Waals surface area (Å²) >= 11 is 0. The van der Waals surface area contributed by atoms with Gasteiger partial charge >= 0.3 is 0 Å². The van der Waals surface area contributed by atoms with E-state index in [4.69, 9.17) is 5.11 Å². The highest BCUT2D eigenvalue weighted by Crippen LogP contribution is 2.29. The van der Waals surface area contributed by atoms with Crippen LogP contribution in [-0.4, -0.2) is 37.5 Å². The Kier molecular flexibility index (Phi) is 3.89. The lowest BCUT2D eigenvalue weighted by Crippen LogP contribution is -2.39. The standard InChI is InChI=1S/C12H15F2NO3S/c1-15(7-8-4-10(16)5-8)19(17,18)12-3-2-9(13)6-11(12)14/h2-3,6,8,10,16H,4-5,7H2,1H3. The highest BCUT2D eigenvalue weighted by atomic mass is 32.2.